The summed E-state index contributed by atoms with van der Waals surface area (Å²) in [5, 5.41) is 4.11. The van der Waals surface area contributed by atoms with E-state index >= 15 is 0 Å². The van der Waals surface area contributed by atoms with Gasteiger partial charge in [0.1, 0.15) is 6.54 Å². The van der Waals surface area contributed by atoms with Crippen LogP contribution in [-0.4, -0.2) is 92.3 Å². The zero-order chi connectivity index (χ0) is 46.0. The summed E-state index contributed by atoms with van der Waals surface area (Å²) in [5.74, 6) is -0.877. The van der Waals surface area contributed by atoms with Gasteiger partial charge >= 0.3 is 5.97 Å². The number of imide groups is 1. The lowest BCUT2D eigenvalue weighted by Gasteiger charge is -2.30. The second-order valence-electron chi connectivity index (χ2n) is 15.2. The summed E-state index contributed by atoms with van der Waals surface area (Å²) in [6, 6.07) is 5.59. The number of carbonyl (C=O) groups is 3. The average Bonchev–Trinajstić information content (AvgIpc) is 3.73. The molecule has 4 rings (SSSR count). The first-order valence-corrected chi connectivity index (χ1v) is 25.0. The van der Waals surface area contributed by atoms with Crippen molar-refractivity contribution in [1.29, 1.82) is 0 Å². The molecule has 5 unspecified atom stereocenters. The molecular formula is C45H60N3O11S4+. The van der Waals surface area contributed by atoms with E-state index < -0.39 is 61.9 Å². The summed E-state index contributed by atoms with van der Waals surface area (Å²) in [6.45, 7) is 9.36. The predicted molar refractivity (Wildman–Crippen MR) is 250 cm³/mol. The number of anilines is 1. The molecule has 3 aliphatic rings. The van der Waals surface area contributed by atoms with Crippen molar-refractivity contribution < 1.29 is 53.2 Å². The maximum absolute atomic E-state index is 12.5. The van der Waals surface area contributed by atoms with Gasteiger partial charge in [-0.25, -0.2) is 22.0 Å². The summed E-state index contributed by atoms with van der Waals surface area (Å²) >= 11 is -3.16. The van der Waals surface area contributed by atoms with E-state index in [2.05, 4.69) is 36.4 Å². The van der Waals surface area contributed by atoms with Crippen molar-refractivity contribution in [3.8, 4) is 0 Å². The first-order chi connectivity index (χ1) is 30.2. The molecule has 5 atom stereocenters. The van der Waals surface area contributed by atoms with E-state index in [0.29, 0.717) is 73.0 Å². The minimum absolute atomic E-state index is 0.0431. The van der Waals surface area contributed by atoms with Crippen LogP contribution in [0.5, 0.6) is 0 Å². The molecule has 0 saturated carbocycles. The number of benzene rings is 1. The van der Waals surface area contributed by atoms with Crippen LogP contribution < -0.4 is 5.32 Å². The number of nitrogens with zero attached hydrogens (tertiary/aromatic N) is 2. The van der Waals surface area contributed by atoms with E-state index in [1.807, 2.05) is 66.9 Å². The Morgan fingerprint density at radius 1 is 0.873 bits per heavy atom. The summed E-state index contributed by atoms with van der Waals surface area (Å²) < 4.78 is 59.6. The molecule has 1 aromatic rings. The van der Waals surface area contributed by atoms with Gasteiger partial charge < -0.3 is 14.3 Å². The molecule has 0 aromatic heterocycles. The Balaban J connectivity index is 1.58. The van der Waals surface area contributed by atoms with Gasteiger partial charge in [-0.1, -0.05) is 37.0 Å². The molecule has 1 aromatic carbocycles. The molecule has 1 fully saturated rings. The van der Waals surface area contributed by atoms with Gasteiger partial charge in [0.05, 0.1) is 38.7 Å². The zero-order valence-electron chi connectivity index (χ0n) is 36.9. The van der Waals surface area contributed by atoms with Crippen molar-refractivity contribution in [3.63, 3.8) is 0 Å². The van der Waals surface area contributed by atoms with Crippen LogP contribution in [-0.2, 0) is 74.6 Å². The first-order valence-electron chi connectivity index (χ1n) is 20.7. The van der Waals surface area contributed by atoms with Gasteiger partial charge in [-0.15, -0.1) is 5.06 Å². The van der Waals surface area contributed by atoms with Crippen molar-refractivity contribution >= 4 is 74.5 Å². The number of rotatable bonds is 25. The number of carbonyl (C=O) groups excluding carboxylic acids is 3. The van der Waals surface area contributed by atoms with Crippen LogP contribution in [0, 0.1) is 5.41 Å². The SMILES string of the molecule is C=C1\C=C(SOC)/C=C\[N+](CCCCCC(=O)ON2C(=O)CCC2=O)=C(\C=C\C=C\C=C\C=C2\Nc3ccc(S(=O)OC)cc3C2(C)CCCS(=O)OC)C1(C)CCCS(=O)OC. The smallest absolute Gasteiger partial charge is 0.333 e. The Bertz CT molecular complexity index is 2130. The largest absolute Gasteiger partial charge is 0.358 e. The van der Waals surface area contributed by atoms with E-state index in [1.54, 1.807) is 13.2 Å². The van der Waals surface area contributed by atoms with Gasteiger partial charge in [0.15, 0.2) is 45.2 Å². The minimum Gasteiger partial charge on any atom is -0.358 e. The van der Waals surface area contributed by atoms with E-state index in [0.717, 1.165) is 33.1 Å². The number of allylic oxidation sites excluding steroid dienone is 11. The lowest BCUT2D eigenvalue weighted by molar-refractivity contribution is -0.460. The molecule has 18 heteroatoms. The molecule has 2 amide bonds. The van der Waals surface area contributed by atoms with Crippen molar-refractivity contribution in [2.24, 2.45) is 5.41 Å². The van der Waals surface area contributed by atoms with Crippen LogP contribution in [0.3, 0.4) is 0 Å². The summed E-state index contributed by atoms with van der Waals surface area (Å²) in [7, 11) is 5.87. The topological polar surface area (TPSA) is 167 Å². The van der Waals surface area contributed by atoms with Crippen LogP contribution in [0.2, 0.25) is 0 Å². The third kappa shape index (κ3) is 14.6. The van der Waals surface area contributed by atoms with E-state index in [-0.39, 0.29) is 19.3 Å². The summed E-state index contributed by atoms with van der Waals surface area (Å²) in [5.41, 5.74) is 3.60. The lowest BCUT2D eigenvalue weighted by Crippen LogP contribution is -2.36. The van der Waals surface area contributed by atoms with Crippen LogP contribution in [0.1, 0.15) is 83.6 Å². The fourth-order valence-corrected chi connectivity index (χ4v) is 9.68. The maximum Gasteiger partial charge on any atom is 0.333 e. The molecule has 1 saturated heterocycles. The highest BCUT2D eigenvalue weighted by Crippen LogP contribution is 2.47. The molecule has 3 heterocycles. The molecule has 344 valence electrons. The second kappa shape index (κ2) is 25.6. The van der Waals surface area contributed by atoms with Gasteiger partial charge in [0, 0.05) is 83.1 Å². The molecule has 0 spiro atoms. The lowest BCUT2D eigenvalue weighted by atomic mass is 9.73. The molecule has 63 heavy (non-hydrogen) atoms. The standard InChI is InChI=1S/C45H59N3O11S4/c1-34-32-35(60-55-4)25-29-47(28-15-11-14-20-43(51)59-48-41(49)23-24-42(48)50)40(44(34,2)26-16-30-61(52)56-5)19-13-10-8-9-12-18-39-45(3,27-17-31-62(53)57-6)37-33-36(63(54)58-7)21-22-38(37)46-39/h8-10,12-13,18-19,21-22,25,29,32-33H,1,11,14-17,20,23-24,26-28,30-31H2,2-7H3/p+1/b29-25-,35-32+. The number of hydrogen-bond donors (Lipinski definition) is 1. The molecule has 0 aliphatic carbocycles. The number of hydroxylamine groups is 2. The highest BCUT2D eigenvalue weighted by atomic mass is 32.2. The number of hydrogen-bond acceptors (Lipinski definition) is 13. The van der Waals surface area contributed by atoms with E-state index in [4.69, 9.17) is 21.6 Å². The van der Waals surface area contributed by atoms with Crippen LogP contribution in [0.25, 0.3) is 0 Å². The normalized spacial score (nSPS) is 25.0. The first kappa shape index (κ1) is 51.8. The number of amides is 2. The predicted octanol–water partition coefficient (Wildman–Crippen LogP) is 7.66. The van der Waals surface area contributed by atoms with Crippen LogP contribution in [0.4, 0.5) is 5.69 Å². The molecule has 3 aliphatic heterocycles. The van der Waals surface area contributed by atoms with Gasteiger partial charge in [-0.3, -0.25) is 22.1 Å². The van der Waals surface area contributed by atoms with Crippen LogP contribution in [0.15, 0.2) is 107 Å². The third-order valence-corrected chi connectivity index (χ3v) is 14.6. The molecule has 0 radical (unpaired) electrons. The van der Waals surface area contributed by atoms with Crippen molar-refractivity contribution in [3.05, 3.63) is 107 Å². The van der Waals surface area contributed by atoms with Gasteiger partial charge in [-0.2, -0.15) is 0 Å². The Morgan fingerprint density at radius 3 is 2.17 bits per heavy atom. The highest BCUT2D eigenvalue weighted by molar-refractivity contribution is 7.98. The zero-order valence-corrected chi connectivity index (χ0v) is 40.2. The van der Waals surface area contributed by atoms with Crippen molar-refractivity contribution in [2.45, 2.75) is 88.4 Å². The average molecular weight is 947 g/mol. The molecule has 1 N–H and O–H groups in total. The molecule has 14 nitrogen and oxygen atoms in total. The van der Waals surface area contributed by atoms with Crippen LogP contribution >= 0.6 is 12.0 Å². The van der Waals surface area contributed by atoms with Gasteiger partial charge in [-0.05, 0) is 93.9 Å². The van der Waals surface area contributed by atoms with E-state index in [1.165, 1.54) is 33.4 Å². The van der Waals surface area contributed by atoms with E-state index in [9.17, 15) is 27.0 Å². The number of unbranched alkanes of at least 4 members (excludes halogenated alkanes) is 2. The minimum atomic E-state index is -1.60. The monoisotopic (exact) mass is 946 g/mol. The second-order valence-corrected chi connectivity index (χ2v) is 20.2. The summed E-state index contributed by atoms with van der Waals surface area (Å²) in [4.78, 5) is 42.7. The molecular weight excluding hydrogens is 887 g/mol. The van der Waals surface area contributed by atoms with Gasteiger partial charge in [0.25, 0.3) is 11.8 Å². The summed E-state index contributed by atoms with van der Waals surface area (Å²) in [6.07, 6.45) is 24.4. The van der Waals surface area contributed by atoms with Gasteiger partial charge in [0.2, 0.25) is 0 Å². The maximum atomic E-state index is 12.5. The Hall–Kier alpha value is -3.88. The quantitative estimate of drug-likeness (QED) is 0.0334. The number of fused-ring (bicyclic) bond motifs is 1. The highest BCUT2D eigenvalue weighted by Gasteiger charge is 2.40. The fourth-order valence-electron chi connectivity index (χ4n) is 7.51. The Kier molecular flexibility index (Phi) is 21.0. The van der Waals surface area contributed by atoms with Crippen molar-refractivity contribution in [2.75, 3.05) is 51.8 Å². The molecule has 0 bridgehead atoms. The number of nitrogens with one attached hydrogen (secondary N) is 1. The Morgan fingerprint density at radius 2 is 1.52 bits per heavy atom. The fraction of sp³-hybridized carbons (Fsp3) is 0.467. The third-order valence-electron chi connectivity index (χ3n) is 11.1. The van der Waals surface area contributed by atoms with Crippen molar-refractivity contribution in [1.82, 2.24) is 5.06 Å². The Labute approximate surface area is 383 Å².